The standard InChI is InChI=1S/C32H41N3O5S/c1-23(2)28-17-10-11-18-29(28)35(41(6,38)39)22-31(36)34(21-26-15-12-16-27(19-26)40-5)30(32(37)33-24(3)4)20-25-13-8-7-9-14-25/h7-19,23-24,30H,20-22H2,1-6H3,(H,33,37). The molecule has 1 unspecified atom stereocenters. The molecule has 0 spiro atoms. The van der Waals surface area contributed by atoms with E-state index < -0.39 is 28.5 Å². The number of sulfonamides is 1. The van der Waals surface area contributed by atoms with Gasteiger partial charge in [0, 0.05) is 19.0 Å². The molecule has 0 aliphatic rings. The van der Waals surface area contributed by atoms with Gasteiger partial charge in [-0.05, 0) is 54.7 Å². The fourth-order valence-corrected chi connectivity index (χ4v) is 5.57. The third-order valence-electron chi connectivity index (χ3n) is 6.70. The predicted octanol–water partition coefficient (Wildman–Crippen LogP) is 4.75. The van der Waals surface area contributed by atoms with Gasteiger partial charge in [-0.15, -0.1) is 0 Å². The van der Waals surface area contributed by atoms with Crippen molar-refractivity contribution in [3.8, 4) is 5.75 Å². The van der Waals surface area contributed by atoms with E-state index in [1.165, 1.54) is 4.90 Å². The number of anilines is 1. The van der Waals surface area contributed by atoms with Crippen LogP contribution in [-0.4, -0.2) is 57.1 Å². The second-order valence-corrected chi connectivity index (χ2v) is 12.6. The number of carbonyl (C=O) groups is 2. The van der Waals surface area contributed by atoms with E-state index >= 15 is 0 Å². The van der Waals surface area contributed by atoms with Crippen LogP contribution in [0.5, 0.6) is 5.75 Å². The van der Waals surface area contributed by atoms with Crippen molar-refractivity contribution in [1.82, 2.24) is 10.2 Å². The summed E-state index contributed by atoms with van der Waals surface area (Å²) in [5.74, 6) is -0.156. The molecule has 1 atom stereocenters. The van der Waals surface area contributed by atoms with Crippen molar-refractivity contribution in [1.29, 1.82) is 0 Å². The van der Waals surface area contributed by atoms with Crippen LogP contribution >= 0.6 is 0 Å². The molecule has 0 aliphatic heterocycles. The van der Waals surface area contributed by atoms with Gasteiger partial charge >= 0.3 is 0 Å². The molecule has 1 N–H and O–H groups in total. The number of carbonyl (C=O) groups excluding carboxylic acids is 2. The number of ether oxygens (including phenoxy) is 1. The summed E-state index contributed by atoms with van der Waals surface area (Å²) in [5, 5.41) is 2.96. The molecule has 0 aliphatic carbocycles. The highest BCUT2D eigenvalue weighted by atomic mass is 32.2. The quantitative estimate of drug-likeness (QED) is 0.315. The number of hydrogen-bond donors (Lipinski definition) is 1. The number of hydrogen-bond acceptors (Lipinski definition) is 5. The second kappa shape index (κ2) is 14.2. The summed E-state index contributed by atoms with van der Waals surface area (Å²) in [6, 6.07) is 22.9. The van der Waals surface area contributed by atoms with Gasteiger partial charge in [-0.25, -0.2) is 8.42 Å². The van der Waals surface area contributed by atoms with Gasteiger partial charge in [0.1, 0.15) is 18.3 Å². The fourth-order valence-electron chi connectivity index (χ4n) is 4.70. The third-order valence-corrected chi connectivity index (χ3v) is 7.82. The molecule has 3 aromatic carbocycles. The molecule has 0 radical (unpaired) electrons. The topological polar surface area (TPSA) is 96.0 Å². The first kappa shape index (κ1) is 31.7. The van der Waals surface area contributed by atoms with Gasteiger partial charge in [0.2, 0.25) is 21.8 Å². The minimum Gasteiger partial charge on any atom is -0.497 e. The van der Waals surface area contributed by atoms with Crippen LogP contribution in [0.2, 0.25) is 0 Å². The van der Waals surface area contributed by atoms with Gasteiger partial charge in [0.15, 0.2) is 0 Å². The number of rotatable bonds is 13. The van der Waals surface area contributed by atoms with Gasteiger partial charge in [-0.3, -0.25) is 13.9 Å². The van der Waals surface area contributed by atoms with Gasteiger partial charge in [0.05, 0.1) is 19.1 Å². The Labute approximate surface area is 244 Å². The molecular weight excluding hydrogens is 538 g/mol. The normalized spacial score (nSPS) is 12.2. The Balaban J connectivity index is 2.11. The Morgan fingerprint density at radius 2 is 1.51 bits per heavy atom. The van der Waals surface area contributed by atoms with E-state index in [1.807, 2.05) is 88.4 Å². The van der Waals surface area contributed by atoms with Crippen molar-refractivity contribution in [2.24, 2.45) is 0 Å². The van der Waals surface area contributed by atoms with E-state index in [-0.39, 0.29) is 30.8 Å². The molecule has 8 nitrogen and oxygen atoms in total. The molecule has 0 aromatic heterocycles. The van der Waals surface area contributed by atoms with Crippen LogP contribution in [0, 0.1) is 0 Å². The van der Waals surface area contributed by atoms with Crippen LogP contribution in [-0.2, 0) is 32.6 Å². The Kier molecular flexibility index (Phi) is 10.9. The smallest absolute Gasteiger partial charge is 0.244 e. The van der Waals surface area contributed by atoms with Gasteiger partial charge in [-0.1, -0.05) is 74.5 Å². The van der Waals surface area contributed by atoms with Crippen molar-refractivity contribution >= 4 is 27.5 Å². The lowest BCUT2D eigenvalue weighted by molar-refractivity contribution is -0.140. The lowest BCUT2D eigenvalue weighted by Gasteiger charge is -2.34. The fraction of sp³-hybridized carbons (Fsp3) is 0.375. The maximum absolute atomic E-state index is 14.2. The number of methoxy groups -OCH3 is 1. The third kappa shape index (κ3) is 8.82. The molecule has 0 heterocycles. The van der Waals surface area contributed by atoms with E-state index in [4.69, 9.17) is 4.74 Å². The SMILES string of the molecule is COc1cccc(CN(C(=O)CN(c2ccccc2C(C)C)S(C)(=O)=O)C(Cc2ccccc2)C(=O)NC(C)C)c1. The van der Waals surface area contributed by atoms with Crippen LogP contribution in [0.3, 0.4) is 0 Å². The van der Waals surface area contributed by atoms with E-state index in [1.54, 1.807) is 25.3 Å². The summed E-state index contributed by atoms with van der Waals surface area (Å²) < 4.78 is 32.7. The number of amides is 2. The second-order valence-electron chi connectivity index (χ2n) is 10.7. The van der Waals surface area contributed by atoms with E-state index in [0.29, 0.717) is 11.4 Å². The Bertz CT molecular complexity index is 1420. The zero-order valence-electron chi connectivity index (χ0n) is 24.7. The number of nitrogens with zero attached hydrogens (tertiary/aromatic N) is 2. The summed E-state index contributed by atoms with van der Waals surface area (Å²) in [6.45, 7) is 7.31. The van der Waals surface area contributed by atoms with Crippen molar-refractivity contribution in [2.45, 2.75) is 58.7 Å². The Hall–Kier alpha value is -3.85. The van der Waals surface area contributed by atoms with Crippen LogP contribution in [0.25, 0.3) is 0 Å². The largest absolute Gasteiger partial charge is 0.497 e. The highest BCUT2D eigenvalue weighted by molar-refractivity contribution is 7.92. The molecule has 2 amide bonds. The number of para-hydroxylation sites is 1. The highest BCUT2D eigenvalue weighted by Gasteiger charge is 2.34. The zero-order valence-corrected chi connectivity index (χ0v) is 25.5. The first-order chi connectivity index (χ1) is 19.4. The molecule has 0 fully saturated rings. The van der Waals surface area contributed by atoms with Crippen molar-refractivity contribution in [2.75, 3.05) is 24.2 Å². The minimum atomic E-state index is -3.84. The minimum absolute atomic E-state index is 0.0288. The Morgan fingerprint density at radius 3 is 2.12 bits per heavy atom. The zero-order chi connectivity index (χ0) is 30.2. The first-order valence-electron chi connectivity index (χ1n) is 13.7. The van der Waals surface area contributed by atoms with E-state index in [9.17, 15) is 18.0 Å². The molecule has 0 saturated heterocycles. The maximum Gasteiger partial charge on any atom is 0.244 e. The summed E-state index contributed by atoms with van der Waals surface area (Å²) in [5.41, 5.74) is 2.89. The average molecular weight is 580 g/mol. The molecule has 3 aromatic rings. The number of nitrogens with one attached hydrogen (secondary N) is 1. The van der Waals surface area contributed by atoms with Crippen LogP contribution in [0.4, 0.5) is 5.69 Å². The number of benzene rings is 3. The molecule has 9 heteroatoms. The summed E-state index contributed by atoms with van der Waals surface area (Å²) >= 11 is 0. The molecule has 41 heavy (non-hydrogen) atoms. The summed E-state index contributed by atoms with van der Waals surface area (Å²) in [6.07, 6.45) is 1.35. The van der Waals surface area contributed by atoms with E-state index in [2.05, 4.69) is 5.32 Å². The molecule has 3 rings (SSSR count). The van der Waals surface area contributed by atoms with Crippen molar-refractivity contribution < 1.29 is 22.7 Å². The molecular formula is C32H41N3O5S. The van der Waals surface area contributed by atoms with Crippen molar-refractivity contribution in [3.63, 3.8) is 0 Å². The monoisotopic (exact) mass is 579 g/mol. The summed E-state index contributed by atoms with van der Waals surface area (Å²) in [4.78, 5) is 29.4. The molecule has 220 valence electrons. The van der Waals surface area contributed by atoms with Gasteiger partial charge < -0.3 is 15.0 Å². The van der Waals surface area contributed by atoms with Crippen LogP contribution in [0.1, 0.15) is 50.3 Å². The lowest BCUT2D eigenvalue weighted by Crippen LogP contribution is -2.54. The molecule has 0 bridgehead atoms. The molecule has 0 saturated carbocycles. The Morgan fingerprint density at radius 1 is 0.878 bits per heavy atom. The van der Waals surface area contributed by atoms with Crippen molar-refractivity contribution in [3.05, 3.63) is 95.6 Å². The average Bonchev–Trinajstić information content (AvgIpc) is 2.93. The summed E-state index contributed by atoms with van der Waals surface area (Å²) in [7, 11) is -2.28. The first-order valence-corrected chi connectivity index (χ1v) is 15.6. The van der Waals surface area contributed by atoms with Crippen LogP contribution < -0.4 is 14.4 Å². The highest BCUT2D eigenvalue weighted by Crippen LogP contribution is 2.29. The van der Waals surface area contributed by atoms with Gasteiger partial charge in [0.25, 0.3) is 0 Å². The maximum atomic E-state index is 14.2. The predicted molar refractivity (Wildman–Crippen MR) is 163 cm³/mol. The lowest BCUT2D eigenvalue weighted by atomic mass is 10.0. The van der Waals surface area contributed by atoms with Crippen LogP contribution in [0.15, 0.2) is 78.9 Å². The van der Waals surface area contributed by atoms with E-state index in [0.717, 1.165) is 27.3 Å². The van der Waals surface area contributed by atoms with Gasteiger partial charge in [-0.2, -0.15) is 0 Å².